The molecule has 0 amide bonds. The summed E-state index contributed by atoms with van der Waals surface area (Å²) < 4.78 is 7.03. The molecule has 0 spiro atoms. The van der Waals surface area contributed by atoms with Crippen LogP contribution in [0.1, 0.15) is 96.8 Å². The number of rotatable bonds is 16. The van der Waals surface area contributed by atoms with Crippen molar-refractivity contribution in [1.82, 2.24) is 0 Å². The van der Waals surface area contributed by atoms with Gasteiger partial charge < -0.3 is 4.74 Å². The molecule has 1 aromatic rings. The molecule has 0 aliphatic heterocycles. The van der Waals surface area contributed by atoms with Crippen molar-refractivity contribution < 1.29 is 4.74 Å². The van der Waals surface area contributed by atoms with Crippen LogP contribution < -0.4 is 4.74 Å². The summed E-state index contributed by atoms with van der Waals surface area (Å²) in [6, 6.07) is 8.30. The van der Waals surface area contributed by atoms with Crippen molar-refractivity contribution in [2.24, 2.45) is 0 Å². The van der Waals surface area contributed by atoms with E-state index in [9.17, 15) is 0 Å². The fourth-order valence-corrected chi connectivity index (χ4v) is 3.56. The van der Waals surface area contributed by atoms with Gasteiger partial charge in [-0.3, -0.25) is 0 Å². The molecule has 0 saturated heterocycles. The number of benzene rings is 1. The van der Waals surface area contributed by atoms with Crippen molar-refractivity contribution in [2.45, 2.75) is 96.8 Å². The summed E-state index contributed by atoms with van der Waals surface area (Å²) >= 11 is 2.33. The van der Waals surface area contributed by atoms with Gasteiger partial charge in [-0.2, -0.15) is 0 Å². The van der Waals surface area contributed by atoms with Crippen LogP contribution in [0, 0.1) is 3.57 Å². The SMILES string of the molecule is CCCCCCCCCCCCCCCCOc1cccc(I)c1. The van der Waals surface area contributed by atoms with Crippen molar-refractivity contribution in [3.05, 3.63) is 27.8 Å². The smallest absolute Gasteiger partial charge is 0.120 e. The lowest BCUT2D eigenvalue weighted by atomic mass is 10.0. The Kier molecular flexibility index (Phi) is 14.7. The Morgan fingerprint density at radius 1 is 0.708 bits per heavy atom. The normalized spacial score (nSPS) is 10.9. The monoisotopic (exact) mass is 444 g/mol. The van der Waals surface area contributed by atoms with Gasteiger partial charge in [-0.25, -0.2) is 0 Å². The highest BCUT2D eigenvalue weighted by Crippen LogP contribution is 2.16. The number of ether oxygens (including phenoxy) is 1. The lowest BCUT2D eigenvalue weighted by molar-refractivity contribution is 0.304. The molecule has 0 aliphatic rings. The van der Waals surface area contributed by atoms with Crippen LogP contribution >= 0.6 is 22.6 Å². The molecule has 0 heterocycles. The van der Waals surface area contributed by atoms with Crippen LogP contribution in [-0.4, -0.2) is 6.61 Å². The Morgan fingerprint density at radius 3 is 1.71 bits per heavy atom. The lowest BCUT2D eigenvalue weighted by Gasteiger charge is -2.06. The fourth-order valence-electron chi connectivity index (χ4n) is 3.04. The first kappa shape index (κ1) is 21.8. The predicted molar refractivity (Wildman–Crippen MR) is 115 cm³/mol. The van der Waals surface area contributed by atoms with E-state index in [0.29, 0.717) is 0 Å². The minimum Gasteiger partial charge on any atom is -0.494 e. The van der Waals surface area contributed by atoms with E-state index in [-0.39, 0.29) is 0 Å². The van der Waals surface area contributed by atoms with Crippen LogP contribution in [0.3, 0.4) is 0 Å². The molecule has 0 atom stereocenters. The third-order valence-corrected chi connectivity index (χ3v) is 5.23. The van der Waals surface area contributed by atoms with Crippen LogP contribution in [0.15, 0.2) is 24.3 Å². The molecule has 0 radical (unpaired) electrons. The average Bonchev–Trinajstić information content (AvgIpc) is 2.58. The predicted octanol–water partition coefficient (Wildman–Crippen LogP) is 8.15. The van der Waals surface area contributed by atoms with Crippen LogP contribution in [0.25, 0.3) is 0 Å². The van der Waals surface area contributed by atoms with Crippen LogP contribution in [0.2, 0.25) is 0 Å². The Hall–Kier alpha value is -0.250. The minimum atomic E-state index is 0.859. The first-order valence-corrected chi connectivity index (χ1v) is 11.3. The molecule has 2 heteroatoms. The molecule has 0 bridgehead atoms. The van der Waals surface area contributed by atoms with Crippen molar-refractivity contribution in [2.75, 3.05) is 6.61 Å². The molecular formula is C22H37IO. The van der Waals surface area contributed by atoms with Gasteiger partial charge in [0.15, 0.2) is 0 Å². The number of hydrogen-bond acceptors (Lipinski definition) is 1. The van der Waals surface area contributed by atoms with E-state index in [0.717, 1.165) is 12.4 Å². The molecular weight excluding hydrogens is 407 g/mol. The fraction of sp³-hybridized carbons (Fsp3) is 0.727. The molecule has 0 aromatic heterocycles. The Labute approximate surface area is 164 Å². The lowest BCUT2D eigenvalue weighted by Crippen LogP contribution is -1.97. The molecule has 1 nitrogen and oxygen atoms in total. The summed E-state index contributed by atoms with van der Waals surface area (Å²) in [7, 11) is 0. The summed E-state index contributed by atoms with van der Waals surface area (Å²) in [5.74, 6) is 1.01. The quantitative estimate of drug-likeness (QED) is 0.185. The second-order valence-corrected chi connectivity index (χ2v) is 8.15. The maximum Gasteiger partial charge on any atom is 0.120 e. The Balaban J connectivity index is 1.76. The number of hydrogen-bond donors (Lipinski definition) is 0. The molecule has 138 valence electrons. The van der Waals surface area contributed by atoms with E-state index in [2.05, 4.69) is 47.7 Å². The molecule has 0 fully saturated rings. The van der Waals surface area contributed by atoms with Crippen molar-refractivity contribution in [1.29, 1.82) is 0 Å². The maximum absolute atomic E-state index is 5.79. The molecule has 1 aromatic carbocycles. The van der Waals surface area contributed by atoms with Gasteiger partial charge >= 0.3 is 0 Å². The summed E-state index contributed by atoms with van der Waals surface area (Å²) in [6.45, 7) is 3.15. The number of halogens is 1. The van der Waals surface area contributed by atoms with Gasteiger partial charge in [0.2, 0.25) is 0 Å². The molecule has 0 N–H and O–H groups in total. The second-order valence-electron chi connectivity index (χ2n) is 6.90. The van der Waals surface area contributed by atoms with Gasteiger partial charge in [-0.15, -0.1) is 0 Å². The molecule has 0 aliphatic carbocycles. The highest BCUT2D eigenvalue weighted by atomic mass is 127. The van der Waals surface area contributed by atoms with Crippen molar-refractivity contribution >= 4 is 22.6 Å². The van der Waals surface area contributed by atoms with Crippen molar-refractivity contribution in [3.63, 3.8) is 0 Å². The Morgan fingerprint density at radius 2 is 1.21 bits per heavy atom. The molecule has 0 unspecified atom stereocenters. The van der Waals surface area contributed by atoms with E-state index < -0.39 is 0 Å². The first-order valence-electron chi connectivity index (χ1n) is 10.2. The second kappa shape index (κ2) is 16.2. The summed E-state index contributed by atoms with van der Waals surface area (Å²) in [4.78, 5) is 0. The van der Waals surface area contributed by atoms with Gasteiger partial charge in [0.25, 0.3) is 0 Å². The standard InChI is InChI=1S/C22H37IO/c1-2-3-4-5-6-7-8-9-10-11-12-13-14-15-19-24-22-18-16-17-21(23)20-22/h16-18,20H,2-15,19H2,1H3. The van der Waals surface area contributed by atoms with Gasteiger partial charge in [-0.05, 0) is 47.2 Å². The van der Waals surface area contributed by atoms with E-state index >= 15 is 0 Å². The zero-order valence-electron chi connectivity index (χ0n) is 15.7. The van der Waals surface area contributed by atoms with Crippen LogP contribution in [0.4, 0.5) is 0 Å². The van der Waals surface area contributed by atoms with Crippen molar-refractivity contribution in [3.8, 4) is 5.75 Å². The third kappa shape index (κ3) is 13.1. The van der Waals surface area contributed by atoms with Crippen LogP contribution in [0.5, 0.6) is 5.75 Å². The van der Waals surface area contributed by atoms with E-state index in [4.69, 9.17) is 4.74 Å². The highest BCUT2D eigenvalue weighted by molar-refractivity contribution is 14.1. The Bertz CT molecular complexity index is 391. The van der Waals surface area contributed by atoms with Gasteiger partial charge in [0, 0.05) is 3.57 Å². The summed E-state index contributed by atoms with van der Waals surface area (Å²) in [5.41, 5.74) is 0. The maximum atomic E-state index is 5.79. The van der Waals surface area contributed by atoms with E-state index in [1.54, 1.807) is 0 Å². The molecule has 0 saturated carbocycles. The summed E-state index contributed by atoms with van der Waals surface area (Å²) in [6.07, 6.45) is 19.6. The van der Waals surface area contributed by atoms with Gasteiger partial charge in [0.1, 0.15) is 5.75 Å². The van der Waals surface area contributed by atoms with Gasteiger partial charge in [0.05, 0.1) is 6.61 Å². The third-order valence-electron chi connectivity index (χ3n) is 4.56. The van der Waals surface area contributed by atoms with E-state index in [1.807, 2.05) is 6.07 Å². The van der Waals surface area contributed by atoms with Gasteiger partial charge in [-0.1, -0.05) is 96.5 Å². The highest BCUT2D eigenvalue weighted by Gasteiger charge is 1.96. The minimum absolute atomic E-state index is 0.859. The van der Waals surface area contributed by atoms with Crippen LogP contribution in [-0.2, 0) is 0 Å². The zero-order chi connectivity index (χ0) is 17.3. The van der Waals surface area contributed by atoms with E-state index in [1.165, 1.54) is 93.5 Å². The summed E-state index contributed by atoms with van der Waals surface area (Å²) in [5, 5.41) is 0. The number of unbranched alkanes of at least 4 members (excludes halogenated alkanes) is 13. The largest absolute Gasteiger partial charge is 0.494 e. The molecule has 1 rings (SSSR count). The molecule has 24 heavy (non-hydrogen) atoms. The zero-order valence-corrected chi connectivity index (χ0v) is 17.9. The topological polar surface area (TPSA) is 9.23 Å². The first-order chi connectivity index (χ1) is 11.8. The average molecular weight is 444 g/mol.